The van der Waals surface area contributed by atoms with Crippen LogP contribution in [0.1, 0.15) is 16.8 Å². The van der Waals surface area contributed by atoms with Crippen LogP contribution in [0.25, 0.3) is 21.9 Å². The fourth-order valence-corrected chi connectivity index (χ4v) is 3.06. The minimum Gasteiger partial charge on any atom is -0.468 e. The van der Waals surface area contributed by atoms with E-state index in [0.29, 0.717) is 10.9 Å². The number of halogens is 3. The lowest BCUT2D eigenvalue weighted by molar-refractivity contribution is -0.139. The summed E-state index contributed by atoms with van der Waals surface area (Å²) in [4.78, 5) is 22.5. The third-order valence-electron chi connectivity index (χ3n) is 4.78. The summed E-state index contributed by atoms with van der Waals surface area (Å²) >= 11 is 0. The van der Waals surface area contributed by atoms with E-state index in [1.165, 1.54) is 25.6 Å². The van der Waals surface area contributed by atoms with Gasteiger partial charge in [-0.1, -0.05) is 36.4 Å². The van der Waals surface area contributed by atoms with Crippen LogP contribution in [0.3, 0.4) is 0 Å². The standard InChI is InChI=1S/C19H16F3NO.C3H7NO2/c1-11-8-9-15(14-7-5-4-6-13(11)14)17-16(19(20,21)22)10-12(2)23(3)18(17)24;1-6-3(5)2-4/h4-10H,1-3H3;2,4H2,1H3. The van der Waals surface area contributed by atoms with Gasteiger partial charge in [-0.2, -0.15) is 13.2 Å². The molecule has 5 nitrogen and oxygen atoms in total. The van der Waals surface area contributed by atoms with Gasteiger partial charge >= 0.3 is 12.1 Å². The Hall–Kier alpha value is -3.13. The van der Waals surface area contributed by atoms with Crippen molar-refractivity contribution < 1.29 is 22.7 Å². The fourth-order valence-electron chi connectivity index (χ4n) is 3.06. The summed E-state index contributed by atoms with van der Waals surface area (Å²) in [5, 5.41) is 1.48. The summed E-state index contributed by atoms with van der Waals surface area (Å²) in [5.74, 6) is -0.380. The van der Waals surface area contributed by atoms with Crippen molar-refractivity contribution in [3.8, 4) is 11.1 Å². The number of esters is 1. The molecule has 1 aromatic heterocycles. The Morgan fingerprint density at radius 3 is 2.20 bits per heavy atom. The summed E-state index contributed by atoms with van der Waals surface area (Å²) in [6, 6.07) is 11.6. The van der Waals surface area contributed by atoms with Gasteiger partial charge in [-0.05, 0) is 41.8 Å². The molecule has 0 spiro atoms. The number of methoxy groups -OCH3 is 1. The van der Waals surface area contributed by atoms with E-state index in [4.69, 9.17) is 5.73 Å². The van der Waals surface area contributed by atoms with E-state index in [1.54, 1.807) is 24.3 Å². The number of hydrogen-bond acceptors (Lipinski definition) is 4. The predicted octanol–water partition coefficient (Wildman–Crippen LogP) is 3.96. The van der Waals surface area contributed by atoms with E-state index in [-0.39, 0.29) is 23.8 Å². The van der Waals surface area contributed by atoms with Gasteiger partial charge in [-0.3, -0.25) is 9.59 Å². The maximum absolute atomic E-state index is 13.6. The largest absolute Gasteiger partial charge is 0.468 e. The number of rotatable bonds is 2. The first-order chi connectivity index (χ1) is 14.0. The van der Waals surface area contributed by atoms with Gasteiger partial charge < -0.3 is 15.0 Å². The van der Waals surface area contributed by atoms with Crippen LogP contribution < -0.4 is 11.3 Å². The fraction of sp³-hybridized carbons (Fsp3) is 0.273. The number of aryl methyl sites for hydroxylation is 2. The minimum atomic E-state index is -4.60. The molecule has 0 aliphatic rings. The molecule has 2 N–H and O–H groups in total. The molecule has 1 heterocycles. The highest BCUT2D eigenvalue weighted by Gasteiger charge is 2.36. The Kier molecular flexibility index (Phi) is 7.04. The molecule has 0 aliphatic carbocycles. The van der Waals surface area contributed by atoms with Crippen LogP contribution in [0.15, 0.2) is 47.3 Å². The summed E-state index contributed by atoms with van der Waals surface area (Å²) in [5.41, 5.74) is 4.51. The Morgan fingerprint density at radius 2 is 1.70 bits per heavy atom. The highest BCUT2D eigenvalue weighted by Crippen LogP contribution is 2.38. The SMILES string of the molecule is COC(=O)CN.Cc1ccc(-c2c(C(F)(F)F)cc(C)n(C)c2=O)c2ccccc12. The van der Waals surface area contributed by atoms with E-state index in [2.05, 4.69) is 4.74 Å². The molecule has 0 saturated heterocycles. The van der Waals surface area contributed by atoms with Crippen LogP contribution in [0.2, 0.25) is 0 Å². The lowest BCUT2D eigenvalue weighted by Gasteiger charge is -2.17. The van der Waals surface area contributed by atoms with Gasteiger partial charge in [0, 0.05) is 12.7 Å². The van der Waals surface area contributed by atoms with Crippen LogP contribution in [0.4, 0.5) is 13.2 Å². The molecule has 0 unspecified atom stereocenters. The average molecular weight is 420 g/mol. The molecule has 0 fully saturated rings. The highest BCUT2D eigenvalue weighted by atomic mass is 19.4. The molecule has 2 aromatic carbocycles. The molecule has 30 heavy (non-hydrogen) atoms. The molecule has 0 atom stereocenters. The first kappa shape index (κ1) is 23.2. The summed E-state index contributed by atoms with van der Waals surface area (Å²) in [6.07, 6.45) is -4.60. The molecular weight excluding hydrogens is 397 g/mol. The number of nitrogens with two attached hydrogens (primary N) is 1. The molecule has 0 radical (unpaired) electrons. The van der Waals surface area contributed by atoms with E-state index in [0.717, 1.165) is 17.0 Å². The monoisotopic (exact) mass is 420 g/mol. The number of pyridine rings is 1. The number of fused-ring (bicyclic) bond motifs is 1. The number of ether oxygens (including phenoxy) is 1. The van der Waals surface area contributed by atoms with Crippen LogP contribution >= 0.6 is 0 Å². The van der Waals surface area contributed by atoms with Crippen molar-refractivity contribution in [2.24, 2.45) is 12.8 Å². The number of nitrogens with zero attached hydrogens (tertiary/aromatic N) is 1. The van der Waals surface area contributed by atoms with Crippen molar-refractivity contribution in [2.75, 3.05) is 13.7 Å². The topological polar surface area (TPSA) is 74.3 Å². The van der Waals surface area contributed by atoms with Crippen LogP contribution in [-0.2, 0) is 22.8 Å². The maximum Gasteiger partial charge on any atom is 0.417 e. The normalized spacial score (nSPS) is 11.1. The smallest absolute Gasteiger partial charge is 0.417 e. The average Bonchev–Trinajstić information content (AvgIpc) is 2.72. The minimum absolute atomic E-state index is 0.0312. The maximum atomic E-state index is 13.6. The number of hydrogen-bond donors (Lipinski definition) is 1. The molecule has 0 amide bonds. The Labute approximate surface area is 171 Å². The predicted molar refractivity (Wildman–Crippen MR) is 110 cm³/mol. The van der Waals surface area contributed by atoms with Crippen LogP contribution in [-0.4, -0.2) is 24.2 Å². The van der Waals surface area contributed by atoms with Crippen molar-refractivity contribution >= 4 is 16.7 Å². The third kappa shape index (κ3) is 4.71. The van der Waals surface area contributed by atoms with Crippen LogP contribution in [0, 0.1) is 13.8 Å². The van der Waals surface area contributed by atoms with Gasteiger partial charge in [-0.15, -0.1) is 0 Å². The number of carbonyl (C=O) groups is 1. The highest BCUT2D eigenvalue weighted by molar-refractivity contribution is 5.99. The first-order valence-corrected chi connectivity index (χ1v) is 9.06. The van der Waals surface area contributed by atoms with E-state index < -0.39 is 17.3 Å². The molecule has 3 aromatic rings. The second-order valence-electron chi connectivity index (χ2n) is 6.69. The molecule has 0 aliphatic heterocycles. The summed E-state index contributed by atoms with van der Waals surface area (Å²) in [7, 11) is 2.78. The van der Waals surface area contributed by atoms with Crippen molar-refractivity contribution in [2.45, 2.75) is 20.0 Å². The molecule has 0 saturated carbocycles. The van der Waals surface area contributed by atoms with Gasteiger partial charge in [0.1, 0.15) is 0 Å². The third-order valence-corrected chi connectivity index (χ3v) is 4.78. The second-order valence-corrected chi connectivity index (χ2v) is 6.69. The quantitative estimate of drug-likeness (QED) is 0.637. The van der Waals surface area contributed by atoms with Crippen molar-refractivity contribution in [1.29, 1.82) is 0 Å². The van der Waals surface area contributed by atoms with Crippen molar-refractivity contribution in [1.82, 2.24) is 4.57 Å². The van der Waals surface area contributed by atoms with Gasteiger partial charge in [0.05, 0.1) is 24.8 Å². The molecular formula is C22H23F3N2O3. The zero-order valence-corrected chi connectivity index (χ0v) is 17.1. The molecule has 160 valence electrons. The van der Waals surface area contributed by atoms with Gasteiger partial charge in [0.2, 0.25) is 0 Å². The number of aromatic nitrogens is 1. The number of benzene rings is 2. The molecule has 3 rings (SSSR count). The molecule has 0 bridgehead atoms. The Balaban J connectivity index is 0.000000469. The number of alkyl halides is 3. The number of carbonyl (C=O) groups excluding carboxylic acids is 1. The van der Waals surface area contributed by atoms with Gasteiger partial charge in [-0.25, -0.2) is 0 Å². The van der Waals surface area contributed by atoms with E-state index in [1.807, 2.05) is 19.1 Å². The Bertz CT molecular complexity index is 1130. The Morgan fingerprint density at radius 1 is 1.10 bits per heavy atom. The van der Waals surface area contributed by atoms with E-state index in [9.17, 15) is 22.8 Å². The van der Waals surface area contributed by atoms with Gasteiger partial charge in [0.15, 0.2) is 0 Å². The second kappa shape index (κ2) is 9.13. The van der Waals surface area contributed by atoms with Crippen molar-refractivity contribution in [3.63, 3.8) is 0 Å². The lowest BCUT2D eigenvalue weighted by atomic mass is 9.93. The molecule has 8 heteroatoms. The summed E-state index contributed by atoms with van der Waals surface area (Å²) < 4.78 is 46.1. The zero-order valence-electron chi connectivity index (χ0n) is 17.1. The van der Waals surface area contributed by atoms with E-state index >= 15 is 0 Å². The van der Waals surface area contributed by atoms with Crippen molar-refractivity contribution in [3.05, 3.63) is 69.6 Å². The first-order valence-electron chi connectivity index (χ1n) is 9.06. The zero-order chi connectivity index (χ0) is 22.6. The summed E-state index contributed by atoms with van der Waals surface area (Å²) in [6.45, 7) is 3.36. The van der Waals surface area contributed by atoms with Gasteiger partial charge in [0.25, 0.3) is 5.56 Å². The van der Waals surface area contributed by atoms with Crippen LogP contribution in [0.5, 0.6) is 0 Å². The lowest BCUT2D eigenvalue weighted by Crippen LogP contribution is -2.25.